The van der Waals surface area contributed by atoms with Gasteiger partial charge in [0.15, 0.2) is 6.61 Å². The van der Waals surface area contributed by atoms with Crippen LogP contribution in [0.3, 0.4) is 0 Å². The molecule has 3 aromatic carbocycles. The Bertz CT molecular complexity index is 1350. The van der Waals surface area contributed by atoms with E-state index in [4.69, 9.17) is 25.3 Å². The summed E-state index contributed by atoms with van der Waals surface area (Å²) in [6.07, 6.45) is 0.0187. The maximum Gasteiger partial charge on any atom is 0.313 e. The molecule has 0 atom stereocenters. The number of aromatic nitrogens is 2. The largest absolute Gasteiger partial charge is 0.460 e. The van der Waals surface area contributed by atoms with Gasteiger partial charge in [-0.25, -0.2) is 0 Å². The number of benzene rings is 3. The minimum absolute atomic E-state index is 0.0187. The summed E-state index contributed by atoms with van der Waals surface area (Å²) in [6.45, 7) is -0.0842. The van der Waals surface area contributed by atoms with E-state index in [9.17, 15) is 4.79 Å². The average Bonchev–Trinajstić information content (AvgIpc) is 3.39. The van der Waals surface area contributed by atoms with E-state index in [1.165, 1.54) is 0 Å². The van der Waals surface area contributed by atoms with Crippen LogP contribution in [0.4, 0.5) is 0 Å². The maximum absolute atomic E-state index is 12.3. The molecule has 0 aliphatic carbocycles. The molecule has 148 valence electrons. The number of halogens is 1. The molecule has 0 bridgehead atoms. The molecule has 0 saturated heterocycles. The molecule has 2 heterocycles. The summed E-state index contributed by atoms with van der Waals surface area (Å²) in [4.78, 5) is 16.5. The Morgan fingerprint density at radius 3 is 2.70 bits per heavy atom. The Balaban J connectivity index is 1.25. The van der Waals surface area contributed by atoms with Crippen LogP contribution in [0.2, 0.25) is 5.02 Å². The third-order valence-corrected chi connectivity index (χ3v) is 4.97. The van der Waals surface area contributed by atoms with Crippen molar-refractivity contribution in [2.75, 3.05) is 0 Å². The molecule has 0 amide bonds. The van der Waals surface area contributed by atoms with Gasteiger partial charge in [-0.15, -0.1) is 0 Å². The average molecular weight is 419 g/mol. The molecule has 2 aromatic heterocycles. The highest BCUT2D eigenvalue weighted by Crippen LogP contribution is 2.28. The molecule has 0 radical (unpaired) electrons. The Morgan fingerprint density at radius 1 is 1.00 bits per heavy atom. The van der Waals surface area contributed by atoms with Gasteiger partial charge in [-0.1, -0.05) is 47.1 Å². The normalized spacial score (nSPS) is 11.2. The lowest BCUT2D eigenvalue weighted by Gasteiger charge is -1.99. The fraction of sp³-hybridized carbons (Fsp3) is 0.0870. The predicted molar refractivity (Wildman–Crippen MR) is 112 cm³/mol. The van der Waals surface area contributed by atoms with Crippen molar-refractivity contribution in [3.8, 4) is 11.5 Å². The second kappa shape index (κ2) is 7.65. The zero-order chi connectivity index (χ0) is 20.5. The minimum atomic E-state index is -0.434. The fourth-order valence-corrected chi connectivity index (χ4v) is 3.42. The molecule has 0 spiro atoms. The Labute approximate surface area is 176 Å². The highest BCUT2D eigenvalue weighted by atomic mass is 35.5. The van der Waals surface area contributed by atoms with E-state index in [0.29, 0.717) is 16.7 Å². The first kappa shape index (κ1) is 18.4. The topological polar surface area (TPSA) is 78.4 Å². The van der Waals surface area contributed by atoms with Gasteiger partial charge in [0.05, 0.1) is 0 Å². The van der Waals surface area contributed by atoms with Crippen LogP contribution >= 0.6 is 11.6 Å². The quantitative estimate of drug-likeness (QED) is 0.347. The number of furan rings is 1. The van der Waals surface area contributed by atoms with Crippen LogP contribution in [0.5, 0.6) is 0 Å². The molecule has 5 rings (SSSR count). The summed E-state index contributed by atoms with van der Waals surface area (Å²) in [7, 11) is 0. The number of rotatable bonds is 5. The van der Waals surface area contributed by atoms with Crippen LogP contribution in [0.25, 0.3) is 33.2 Å². The Kier molecular flexibility index (Phi) is 4.69. The minimum Gasteiger partial charge on any atom is -0.460 e. The molecule has 5 aromatic rings. The summed E-state index contributed by atoms with van der Waals surface area (Å²) in [5.74, 6) is 0.725. The Hall–Kier alpha value is -3.64. The lowest BCUT2D eigenvalue weighted by molar-refractivity contribution is -0.144. The van der Waals surface area contributed by atoms with Crippen molar-refractivity contribution in [2.45, 2.75) is 13.0 Å². The highest BCUT2D eigenvalue weighted by molar-refractivity contribution is 6.30. The standard InChI is InChI=1S/C23H15ClN2O4/c24-16-8-5-15(6-9-16)23-25-21(26-30-23)13-28-22(27)12-17-11-19-18-4-2-1-3-14(18)7-10-20(19)29-17/h1-11H,12-13H2. The van der Waals surface area contributed by atoms with Crippen molar-refractivity contribution in [3.05, 3.63) is 83.3 Å². The molecule has 30 heavy (non-hydrogen) atoms. The molecule has 6 nitrogen and oxygen atoms in total. The summed E-state index contributed by atoms with van der Waals surface area (Å²) < 4.78 is 16.3. The molecule has 0 unspecified atom stereocenters. The van der Waals surface area contributed by atoms with E-state index in [0.717, 1.165) is 27.3 Å². The number of carbonyl (C=O) groups excluding carboxylic acids is 1. The van der Waals surface area contributed by atoms with Crippen molar-refractivity contribution in [1.29, 1.82) is 0 Å². The van der Waals surface area contributed by atoms with Gasteiger partial charge in [-0.05, 0) is 47.2 Å². The zero-order valence-electron chi connectivity index (χ0n) is 15.7. The summed E-state index contributed by atoms with van der Waals surface area (Å²) >= 11 is 5.88. The predicted octanol–water partition coefficient (Wildman–Crippen LogP) is 5.58. The Morgan fingerprint density at radius 2 is 1.83 bits per heavy atom. The molecule has 7 heteroatoms. The highest BCUT2D eigenvalue weighted by Gasteiger charge is 2.14. The van der Waals surface area contributed by atoms with E-state index < -0.39 is 5.97 Å². The monoisotopic (exact) mass is 418 g/mol. The first-order chi connectivity index (χ1) is 14.7. The van der Waals surface area contributed by atoms with Crippen molar-refractivity contribution >= 4 is 39.3 Å². The van der Waals surface area contributed by atoms with Crippen LogP contribution in [0.15, 0.2) is 75.7 Å². The zero-order valence-corrected chi connectivity index (χ0v) is 16.4. The van der Waals surface area contributed by atoms with Gasteiger partial charge in [-0.2, -0.15) is 4.98 Å². The van der Waals surface area contributed by atoms with E-state index >= 15 is 0 Å². The van der Waals surface area contributed by atoms with Gasteiger partial charge in [0.1, 0.15) is 17.8 Å². The van der Waals surface area contributed by atoms with Crippen LogP contribution in [0, 0.1) is 0 Å². The molecule has 0 N–H and O–H groups in total. The number of esters is 1. The number of carbonyl (C=O) groups is 1. The van der Waals surface area contributed by atoms with E-state index in [-0.39, 0.29) is 18.9 Å². The van der Waals surface area contributed by atoms with Gasteiger partial charge >= 0.3 is 5.97 Å². The lowest BCUT2D eigenvalue weighted by atomic mass is 10.1. The van der Waals surface area contributed by atoms with Crippen LogP contribution in [-0.2, 0) is 22.6 Å². The number of hydrogen-bond acceptors (Lipinski definition) is 6. The van der Waals surface area contributed by atoms with Gasteiger partial charge < -0.3 is 13.7 Å². The first-order valence-electron chi connectivity index (χ1n) is 9.30. The van der Waals surface area contributed by atoms with Crippen molar-refractivity contribution in [2.24, 2.45) is 0 Å². The second-order valence-corrected chi connectivity index (χ2v) is 7.21. The number of hydrogen-bond donors (Lipinski definition) is 0. The molecular weight excluding hydrogens is 404 g/mol. The molecule has 0 saturated carbocycles. The number of ether oxygens (including phenoxy) is 1. The lowest BCUT2D eigenvalue weighted by Crippen LogP contribution is -2.08. The van der Waals surface area contributed by atoms with E-state index in [1.54, 1.807) is 24.3 Å². The van der Waals surface area contributed by atoms with Crippen molar-refractivity contribution in [3.63, 3.8) is 0 Å². The van der Waals surface area contributed by atoms with Crippen molar-refractivity contribution < 1.29 is 18.5 Å². The van der Waals surface area contributed by atoms with Gasteiger partial charge in [0.2, 0.25) is 5.82 Å². The molecule has 0 fully saturated rings. The SMILES string of the molecule is O=C(Cc1cc2c(ccc3ccccc32)o1)OCc1noc(-c2ccc(Cl)cc2)n1. The fourth-order valence-electron chi connectivity index (χ4n) is 3.29. The van der Waals surface area contributed by atoms with Crippen LogP contribution in [-0.4, -0.2) is 16.1 Å². The third-order valence-electron chi connectivity index (χ3n) is 4.72. The molecule has 0 aliphatic heterocycles. The smallest absolute Gasteiger partial charge is 0.313 e. The second-order valence-electron chi connectivity index (χ2n) is 6.77. The van der Waals surface area contributed by atoms with Gasteiger partial charge in [-0.3, -0.25) is 4.79 Å². The third kappa shape index (κ3) is 3.65. The van der Waals surface area contributed by atoms with E-state index in [2.05, 4.69) is 10.1 Å². The van der Waals surface area contributed by atoms with Crippen LogP contribution < -0.4 is 0 Å². The first-order valence-corrected chi connectivity index (χ1v) is 9.68. The molecule has 0 aliphatic rings. The molecular formula is C23H15ClN2O4. The van der Waals surface area contributed by atoms with Crippen LogP contribution in [0.1, 0.15) is 11.6 Å². The number of fused-ring (bicyclic) bond motifs is 3. The summed E-state index contributed by atoms with van der Waals surface area (Å²) in [6, 6.07) is 20.8. The van der Waals surface area contributed by atoms with Crippen molar-refractivity contribution in [1.82, 2.24) is 10.1 Å². The summed E-state index contributed by atoms with van der Waals surface area (Å²) in [5.41, 5.74) is 1.47. The van der Waals surface area contributed by atoms with Gasteiger partial charge in [0.25, 0.3) is 5.89 Å². The maximum atomic E-state index is 12.3. The number of nitrogens with zero attached hydrogens (tertiary/aromatic N) is 2. The van der Waals surface area contributed by atoms with Gasteiger partial charge in [0, 0.05) is 16.0 Å². The summed E-state index contributed by atoms with van der Waals surface area (Å²) in [5, 5.41) is 7.64. The van der Waals surface area contributed by atoms with E-state index in [1.807, 2.05) is 42.5 Å².